The number of nitrogens with one attached hydrogen (secondary N) is 1. The second-order valence-corrected chi connectivity index (χ2v) is 5.60. The van der Waals surface area contributed by atoms with E-state index in [0.717, 1.165) is 17.7 Å². The molecule has 0 saturated heterocycles. The molecule has 2 aromatic carbocycles. The molecule has 1 unspecified atom stereocenters. The maximum atomic E-state index is 9.34. The van der Waals surface area contributed by atoms with E-state index in [-0.39, 0.29) is 18.8 Å². The van der Waals surface area contributed by atoms with Gasteiger partial charge in [0.2, 0.25) is 0 Å². The zero-order chi connectivity index (χ0) is 15.2. The van der Waals surface area contributed by atoms with E-state index in [0.29, 0.717) is 6.54 Å². The Hall–Kier alpha value is -1.58. The molecule has 0 bridgehead atoms. The number of aliphatic hydroxyl groups excluding tert-OH is 1. The maximum Gasteiger partial charge on any atom is 0.124 e. The number of aliphatic hydroxyl groups is 1. The lowest BCUT2D eigenvalue weighted by Crippen LogP contribution is -2.31. The monoisotopic (exact) mass is 287 g/mol. The molecule has 0 spiro atoms. The van der Waals surface area contributed by atoms with Crippen LogP contribution in [0.5, 0.6) is 5.75 Å². The summed E-state index contributed by atoms with van der Waals surface area (Å²) in [6, 6.07) is 12.6. The Kier molecular flexibility index (Phi) is 5.59. The van der Waals surface area contributed by atoms with Crippen LogP contribution in [0.15, 0.2) is 36.4 Å². The summed E-state index contributed by atoms with van der Waals surface area (Å²) in [5.41, 5.74) is 1.16. The fraction of sp³-hybridized carbons (Fsp3) is 0.444. The molecular formula is C18H25NO2. The fourth-order valence-electron chi connectivity index (χ4n) is 2.45. The van der Waals surface area contributed by atoms with E-state index in [1.54, 1.807) is 0 Å². The Morgan fingerprint density at radius 1 is 1.14 bits per heavy atom. The first-order chi connectivity index (χ1) is 10.2. The molecule has 3 nitrogen and oxygen atoms in total. The van der Waals surface area contributed by atoms with Crippen LogP contribution in [-0.2, 0) is 6.54 Å². The van der Waals surface area contributed by atoms with Gasteiger partial charge in [-0.15, -0.1) is 0 Å². The van der Waals surface area contributed by atoms with Crippen LogP contribution < -0.4 is 10.1 Å². The highest BCUT2D eigenvalue weighted by Crippen LogP contribution is 2.29. The van der Waals surface area contributed by atoms with Gasteiger partial charge >= 0.3 is 0 Å². The third-order valence-electron chi connectivity index (χ3n) is 3.64. The van der Waals surface area contributed by atoms with E-state index in [1.807, 2.05) is 32.0 Å². The lowest BCUT2D eigenvalue weighted by atomic mass is 10.0. The molecule has 0 saturated carbocycles. The standard InChI is InChI=1S/C18H25NO2/c1-4-15(12-20)19-11-17-16-8-6-5-7-14(16)9-10-18(17)21-13(2)3/h5-10,13,15,19-20H,4,11-12H2,1-3H3. The molecule has 0 aliphatic carbocycles. The average molecular weight is 287 g/mol. The molecule has 0 heterocycles. The maximum absolute atomic E-state index is 9.34. The van der Waals surface area contributed by atoms with Crippen molar-refractivity contribution in [3.05, 3.63) is 42.0 Å². The van der Waals surface area contributed by atoms with Crippen molar-refractivity contribution in [1.82, 2.24) is 5.32 Å². The first-order valence-corrected chi connectivity index (χ1v) is 7.67. The highest BCUT2D eigenvalue weighted by Gasteiger charge is 2.12. The van der Waals surface area contributed by atoms with E-state index in [2.05, 4.69) is 30.4 Å². The van der Waals surface area contributed by atoms with Gasteiger partial charge in [0, 0.05) is 18.2 Å². The molecule has 1 atom stereocenters. The Balaban J connectivity index is 2.35. The lowest BCUT2D eigenvalue weighted by molar-refractivity contribution is 0.230. The van der Waals surface area contributed by atoms with Crippen molar-refractivity contribution >= 4 is 10.8 Å². The van der Waals surface area contributed by atoms with Crippen molar-refractivity contribution in [2.75, 3.05) is 6.61 Å². The molecule has 21 heavy (non-hydrogen) atoms. The van der Waals surface area contributed by atoms with E-state index in [9.17, 15) is 5.11 Å². The van der Waals surface area contributed by atoms with Crippen molar-refractivity contribution in [3.8, 4) is 5.75 Å². The number of rotatable bonds is 7. The summed E-state index contributed by atoms with van der Waals surface area (Å²) in [5.74, 6) is 0.920. The van der Waals surface area contributed by atoms with Crippen molar-refractivity contribution in [1.29, 1.82) is 0 Å². The van der Waals surface area contributed by atoms with Crippen LogP contribution >= 0.6 is 0 Å². The van der Waals surface area contributed by atoms with Gasteiger partial charge < -0.3 is 15.2 Å². The van der Waals surface area contributed by atoms with Crippen LogP contribution in [0.1, 0.15) is 32.8 Å². The third kappa shape index (κ3) is 3.96. The number of fused-ring (bicyclic) bond motifs is 1. The SMILES string of the molecule is CCC(CO)NCc1c(OC(C)C)ccc2ccccc12. The first kappa shape index (κ1) is 15.8. The van der Waals surface area contributed by atoms with Crippen LogP contribution in [0, 0.1) is 0 Å². The zero-order valence-electron chi connectivity index (χ0n) is 13.1. The Bertz CT molecular complexity index is 576. The van der Waals surface area contributed by atoms with Gasteiger partial charge in [-0.2, -0.15) is 0 Å². The van der Waals surface area contributed by atoms with Crippen LogP contribution in [0.4, 0.5) is 0 Å². The van der Waals surface area contributed by atoms with E-state index in [4.69, 9.17) is 4.74 Å². The van der Waals surface area contributed by atoms with Crippen LogP contribution in [0.25, 0.3) is 10.8 Å². The predicted molar refractivity (Wildman–Crippen MR) is 87.7 cm³/mol. The summed E-state index contributed by atoms with van der Waals surface area (Å²) < 4.78 is 5.95. The molecule has 0 aromatic heterocycles. The summed E-state index contributed by atoms with van der Waals surface area (Å²) in [7, 11) is 0. The van der Waals surface area contributed by atoms with Gasteiger partial charge in [-0.25, -0.2) is 0 Å². The molecule has 0 radical (unpaired) electrons. The molecule has 3 heteroatoms. The smallest absolute Gasteiger partial charge is 0.124 e. The van der Waals surface area contributed by atoms with Crippen LogP contribution in [-0.4, -0.2) is 23.9 Å². The minimum Gasteiger partial charge on any atom is -0.491 e. The second-order valence-electron chi connectivity index (χ2n) is 5.60. The Labute approximate surface area is 126 Å². The average Bonchev–Trinajstić information content (AvgIpc) is 2.49. The molecule has 0 aliphatic rings. The molecule has 2 aromatic rings. The molecule has 0 fully saturated rings. The molecule has 2 rings (SSSR count). The molecule has 0 aliphatic heterocycles. The molecule has 2 N–H and O–H groups in total. The fourth-order valence-corrected chi connectivity index (χ4v) is 2.45. The van der Waals surface area contributed by atoms with Crippen LogP contribution in [0.2, 0.25) is 0 Å². The number of benzene rings is 2. The van der Waals surface area contributed by atoms with Crippen molar-refractivity contribution in [2.24, 2.45) is 0 Å². The van der Waals surface area contributed by atoms with Gasteiger partial charge in [-0.1, -0.05) is 37.3 Å². The lowest BCUT2D eigenvalue weighted by Gasteiger charge is -2.19. The zero-order valence-corrected chi connectivity index (χ0v) is 13.1. The van der Waals surface area contributed by atoms with Gasteiger partial charge in [-0.05, 0) is 37.1 Å². The highest BCUT2D eigenvalue weighted by molar-refractivity contribution is 5.87. The summed E-state index contributed by atoms with van der Waals surface area (Å²) in [6.45, 7) is 7.00. The van der Waals surface area contributed by atoms with Gasteiger partial charge in [0.15, 0.2) is 0 Å². The Morgan fingerprint density at radius 3 is 2.57 bits per heavy atom. The van der Waals surface area contributed by atoms with Gasteiger partial charge in [0.05, 0.1) is 12.7 Å². The minimum absolute atomic E-state index is 0.121. The largest absolute Gasteiger partial charge is 0.491 e. The third-order valence-corrected chi connectivity index (χ3v) is 3.64. The molecule has 114 valence electrons. The number of hydrogen-bond acceptors (Lipinski definition) is 3. The summed E-state index contributed by atoms with van der Waals surface area (Å²) >= 11 is 0. The second kappa shape index (κ2) is 7.43. The summed E-state index contributed by atoms with van der Waals surface area (Å²) in [6.07, 6.45) is 1.05. The minimum atomic E-state index is 0.121. The number of hydrogen-bond donors (Lipinski definition) is 2. The van der Waals surface area contributed by atoms with Crippen molar-refractivity contribution < 1.29 is 9.84 Å². The van der Waals surface area contributed by atoms with Crippen molar-refractivity contribution in [2.45, 2.75) is 45.9 Å². The van der Waals surface area contributed by atoms with Gasteiger partial charge in [0.25, 0.3) is 0 Å². The van der Waals surface area contributed by atoms with E-state index < -0.39 is 0 Å². The number of ether oxygens (including phenoxy) is 1. The molecular weight excluding hydrogens is 262 g/mol. The van der Waals surface area contributed by atoms with E-state index >= 15 is 0 Å². The quantitative estimate of drug-likeness (QED) is 0.819. The normalized spacial score (nSPS) is 12.8. The Morgan fingerprint density at radius 2 is 1.90 bits per heavy atom. The van der Waals surface area contributed by atoms with Crippen molar-refractivity contribution in [3.63, 3.8) is 0 Å². The predicted octanol–water partition coefficient (Wildman–Crippen LogP) is 3.49. The molecule has 0 amide bonds. The van der Waals surface area contributed by atoms with Gasteiger partial charge in [-0.3, -0.25) is 0 Å². The summed E-state index contributed by atoms with van der Waals surface area (Å²) in [5, 5.41) is 15.2. The first-order valence-electron chi connectivity index (χ1n) is 7.67. The topological polar surface area (TPSA) is 41.5 Å². The van der Waals surface area contributed by atoms with Crippen LogP contribution in [0.3, 0.4) is 0 Å². The van der Waals surface area contributed by atoms with Gasteiger partial charge in [0.1, 0.15) is 5.75 Å². The highest BCUT2D eigenvalue weighted by atomic mass is 16.5. The summed E-state index contributed by atoms with van der Waals surface area (Å²) in [4.78, 5) is 0. The van der Waals surface area contributed by atoms with E-state index in [1.165, 1.54) is 10.8 Å².